The van der Waals surface area contributed by atoms with Crippen molar-refractivity contribution in [2.45, 2.75) is 0 Å². The van der Waals surface area contributed by atoms with Crippen LogP contribution in [0, 0.1) is 17.1 Å². The van der Waals surface area contributed by atoms with Gasteiger partial charge in [-0.3, -0.25) is 4.79 Å². The molecule has 0 aliphatic carbocycles. The predicted octanol–water partition coefficient (Wildman–Crippen LogP) is 3.48. The van der Waals surface area contributed by atoms with E-state index in [2.05, 4.69) is 26.7 Å². The molecule has 1 aromatic heterocycles. The number of nitriles is 1. The number of halogens is 1. The highest BCUT2D eigenvalue weighted by molar-refractivity contribution is 6.03. The molecule has 0 bridgehead atoms. The smallest absolute Gasteiger partial charge is 0.274 e. The second-order valence-corrected chi connectivity index (χ2v) is 5.04. The molecule has 25 heavy (non-hydrogen) atoms. The van der Waals surface area contributed by atoms with E-state index in [0.29, 0.717) is 22.8 Å². The van der Waals surface area contributed by atoms with E-state index >= 15 is 0 Å². The lowest BCUT2D eigenvalue weighted by Crippen LogP contribution is -2.14. The molecule has 0 atom stereocenters. The average molecular weight is 333 g/mol. The molecule has 0 spiro atoms. The Labute approximate surface area is 143 Å². The van der Waals surface area contributed by atoms with E-state index in [1.54, 1.807) is 30.3 Å². The van der Waals surface area contributed by atoms with Gasteiger partial charge >= 0.3 is 0 Å². The third kappa shape index (κ3) is 3.95. The molecule has 3 aromatic rings. The fourth-order valence-corrected chi connectivity index (χ4v) is 2.14. The normalized spacial score (nSPS) is 9.92. The highest BCUT2D eigenvalue weighted by Gasteiger charge is 2.10. The number of hydrogen-bond donors (Lipinski definition) is 2. The number of anilines is 3. The number of hydrogen-bond acceptors (Lipinski definition) is 5. The molecular weight excluding hydrogens is 321 g/mol. The van der Waals surface area contributed by atoms with Crippen molar-refractivity contribution in [3.8, 4) is 6.07 Å². The Kier molecular flexibility index (Phi) is 4.62. The van der Waals surface area contributed by atoms with Crippen LogP contribution in [-0.4, -0.2) is 15.9 Å². The maximum absolute atomic E-state index is 13.2. The van der Waals surface area contributed by atoms with Crippen molar-refractivity contribution in [3.63, 3.8) is 0 Å². The first-order valence-electron chi connectivity index (χ1n) is 7.31. The van der Waals surface area contributed by atoms with E-state index in [9.17, 15) is 9.18 Å². The maximum Gasteiger partial charge on any atom is 0.274 e. The summed E-state index contributed by atoms with van der Waals surface area (Å²) in [7, 11) is 0. The van der Waals surface area contributed by atoms with Crippen LogP contribution in [0.5, 0.6) is 0 Å². The zero-order chi connectivity index (χ0) is 17.6. The monoisotopic (exact) mass is 333 g/mol. The second-order valence-electron chi connectivity index (χ2n) is 5.04. The number of rotatable bonds is 4. The summed E-state index contributed by atoms with van der Waals surface area (Å²) in [6, 6.07) is 16.0. The lowest BCUT2D eigenvalue weighted by molar-refractivity contribution is 0.102. The van der Waals surface area contributed by atoms with Gasteiger partial charge < -0.3 is 10.6 Å². The first kappa shape index (κ1) is 16.1. The van der Waals surface area contributed by atoms with Crippen molar-refractivity contribution >= 4 is 23.1 Å². The predicted molar refractivity (Wildman–Crippen MR) is 90.8 cm³/mol. The summed E-state index contributed by atoms with van der Waals surface area (Å²) in [4.78, 5) is 20.2. The van der Waals surface area contributed by atoms with E-state index in [1.165, 1.54) is 30.6 Å². The van der Waals surface area contributed by atoms with Gasteiger partial charge in [0.15, 0.2) is 0 Å². The minimum atomic E-state index is -0.496. The molecule has 2 aromatic carbocycles. The van der Waals surface area contributed by atoms with Gasteiger partial charge in [0.05, 0.1) is 11.3 Å². The highest BCUT2D eigenvalue weighted by atomic mass is 19.1. The largest absolute Gasteiger partial charge is 0.339 e. The van der Waals surface area contributed by atoms with Crippen molar-refractivity contribution in [1.82, 2.24) is 9.97 Å². The standard InChI is InChI=1S/C18H12FN5O/c19-13-5-3-6-14(8-13)23-18(25)16-9-17(22-11-21-16)24-15-7-2-1-4-12(15)10-20/h1-9,11H,(H,23,25)(H,21,22,24). The van der Waals surface area contributed by atoms with Crippen molar-refractivity contribution in [2.24, 2.45) is 0 Å². The molecule has 0 aliphatic heterocycles. The fraction of sp³-hybridized carbons (Fsp3) is 0. The number of carbonyl (C=O) groups is 1. The molecular formula is C18H12FN5O. The van der Waals surface area contributed by atoms with E-state index < -0.39 is 11.7 Å². The number of para-hydroxylation sites is 1. The van der Waals surface area contributed by atoms with Gasteiger partial charge in [0, 0.05) is 11.8 Å². The molecule has 0 radical (unpaired) electrons. The van der Waals surface area contributed by atoms with Crippen LogP contribution >= 0.6 is 0 Å². The molecule has 7 heteroatoms. The molecule has 1 heterocycles. The van der Waals surface area contributed by atoms with E-state index in [1.807, 2.05) is 0 Å². The van der Waals surface area contributed by atoms with Gasteiger partial charge in [-0.15, -0.1) is 0 Å². The van der Waals surface area contributed by atoms with Gasteiger partial charge in [0.1, 0.15) is 29.7 Å². The van der Waals surface area contributed by atoms with Crippen molar-refractivity contribution < 1.29 is 9.18 Å². The summed E-state index contributed by atoms with van der Waals surface area (Å²) >= 11 is 0. The molecule has 0 saturated heterocycles. The molecule has 0 unspecified atom stereocenters. The van der Waals surface area contributed by atoms with Crippen molar-refractivity contribution in [1.29, 1.82) is 5.26 Å². The Morgan fingerprint density at radius 3 is 2.72 bits per heavy atom. The lowest BCUT2D eigenvalue weighted by atomic mass is 10.2. The first-order valence-corrected chi connectivity index (χ1v) is 7.31. The number of nitrogens with one attached hydrogen (secondary N) is 2. The zero-order valence-corrected chi connectivity index (χ0v) is 12.9. The zero-order valence-electron chi connectivity index (χ0n) is 12.9. The van der Waals surface area contributed by atoms with Crippen LogP contribution in [-0.2, 0) is 0 Å². The highest BCUT2D eigenvalue weighted by Crippen LogP contribution is 2.19. The third-order valence-electron chi connectivity index (χ3n) is 3.29. The molecule has 0 fully saturated rings. The Hall–Kier alpha value is -3.79. The quantitative estimate of drug-likeness (QED) is 0.763. The van der Waals surface area contributed by atoms with Crippen molar-refractivity contribution in [2.75, 3.05) is 10.6 Å². The number of carbonyl (C=O) groups excluding carboxylic acids is 1. The van der Waals surface area contributed by atoms with Gasteiger partial charge in [0.25, 0.3) is 5.91 Å². The number of amides is 1. The topological polar surface area (TPSA) is 90.7 Å². The van der Waals surface area contributed by atoms with E-state index in [-0.39, 0.29) is 5.69 Å². The number of benzene rings is 2. The van der Waals surface area contributed by atoms with Gasteiger partial charge in [-0.2, -0.15) is 5.26 Å². The molecule has 2 N–H and O–H groups in total. The van der Waals surface area contributed by atoms with Crippen LogP contribution < -0.4 is 10.6 Å². The van der Waals surface area contributed by atoms with Gasteiger partial charge in [-0.25, -0.2) is 14.4 Å². The van der Waals surface area contributed by atoms with Crippen LogP contribution in [0.1, 0.15) is 16.1 Å². The number of aromatic nitrogens is 2. The van der Waals surface area contributed by atoms with Crippen LogP contribution in [0.25, 0.3) is 0 Å². The summed E-state index contributed by atoms with van der Waals surface area (Å²) in [6.45, 7) is 0. The Balaban J connectivity index is 1.79. The van der Waals surface area contributed by atoms with Gasteiger partial charge in [0.2, 0.25) is 0 Å². The Morgan fingerprint density at radius 1 is 1.08 bits per heavy atom. The molecule has 122 valence electrons. The van der Waals surface area contributed by atoms with E-state index in [0.717, 1.165) is 0 Å². The van der Waals surface area contributed by atoms with Crippen LogP contribution in [0.4, 0.5) is 21.6 Å². The summed E-state index contributed by atoms with van der Waals surface area (Å²) < 4.78 is 13.2. The minimum absolute atomic E-state index is 0.108. The van der Waals surface area contributed by atoms with Crippen LogP contribution in [0.2, 0.25) is 0 Å². The third-order valence-corrected chi connectivity index (χ3v) is 3.29. The number of nitrogens with zero attached hydrogens (tertiary/aromatic N) is 3. The summed E-state index contributed by atoms with van der Waals surface area (Å²) in [5, 5.41) is 14.6. The summed E-state index contributed by atoms with van der Waals surface area (Å²) in [5.74, 6) is -0.581. The van der Waals surface area contributed by atoms with Crippen LogP contribution in [0.15, 0.2) is 60.9 Å². The second kappa shape index (κ2) is 7.19. The molecule has 1 amide bonds. The van der Waals surface area contributed by atoms with Gasteiger partial charge in [-0.1, -0.05) is 18.2 Å². The van der Waals surface area contributed by atoms with Gasteiger partial charge in [-0.05, 0) is 30.3 Å². The summed E-state index contributed by atoms with van der Waals surface area (Å²) in [5.41, 5.74) is 1.45. The fourth-order valence-electron chi connectivity index (χ4n) is 2.14. The maximum atomic E-state index is 13.2. The average Bonchev–Trinajstić information content (AvgIpc) is 2.62. The Bertz CT molecular complexity index is 967. The van der Waals surface area contributed by atoms with Crippen LogP contribution in [0.3, 0.4) is 0 Å². The molecule has 3 rings (SSSR count). The molecule has 6 nitrogen and oxygen atoms in total. The Morgan fingerprint density at radius 2 is 1.92 bits per heavy atom. The SMILES string of the molecule is N#Cc1ccccc1Nc1cc(C(=O)Nc2cccc(F)c2)ncn1. The molecule has 0 aliphatic rings. The van der Waals surface area contributed by atoms with E-state index in [4.69, 9.17) is 5.26 Å². The van der Waals surface area contributed by atoms with Crippen molar-refractivity contribution in [3.05, 3.63) is 78.0 Å². The molecule has 0 saturated carbocycles. The summed E-state index contributed by atoms with van der Waals surface area (Å²) in [6.07, 6.45) is 1.23. The lowest BCUT2D eigenvalue weighted by Gasteiger charge is -2.09. The minimum Gasteiger partial charge on any atom is -0.339 e. The first-order chi connectivity index (χ1) is 12.2.